The van der Waals surface area contributed by atoms with Gasteiger partial charge in [-0.15, -0.1) is 0 Å². The summed E-state index contributed by atoms with van der Waals surface area (Å²) in [6.07, 6.45) is 2.12. The van der Waals surface area contributed by atoms with E-state index in [-0.39, 0.29) is 10.8 Å². The number of rotatable bonds is 6. The molecule has 0 bridgehead atoms. The lowest BCUT2D eigenvalue weighted by molar-refractivity contribution is -0.125. The van der Waals surface area contributed by atoms with Crippen LogP contribution in [0, 0.1) is 0 Å². The molecular weight excluding hydrogens is 454 g/mol. The second kappa shape index (κ2) is 9.28. The summed E-state index contributed by atoms with van der Waals surface area (Å²) in [7, 11) is 0.220. The van der Waals surface area contributed by atoms with Crippen molar-refractivity contribution in [3.63, 3.8) is 0 Å². The SMILES string of the molecule is CN(C)c1ccc(CNC(=O)C2CCCCN2S(=O)(=O)c2ccc(Br)cc2)cc1. The van der Waals surface area contributed by atoms with Crippen molar-refractivity contribution in [3.8, 4) is 0 Å². The molecule has 156 valence electrons. The van der Waals surface area contributed by atoms with Gasteiger partial charge in [-0.2, -0.15) is 4.31 Å². The highest BCUT2D eigenvalue weighted by molar-refractivity contribution is 9.10. The maximum atomic E-state index is 13.1. The molecule has 1 fully saturated rings. The summed E-state index contributed by atoms with van der Waals surface area (Å²) in [4.78, 5) is 15.1. The number of piperidine rings is 1. The van der Waals surface area contributed by atoms with Crippen molar-refractivity contribution < 1.29 is 13.2 Å². The number of carbonyl (C=O) groups excluding carboxylic acids is 1. The van der Waals surface area contributed by atoms with E-state index in [4.69, 9.17) is 0 Å². The van der Waals surface area contributed by atoms with E-state index in [1.54, 1.807) is 24.3 Å². The van der Waals surface area contributed by atoms with E-state index in [2.05, 4.69) is 21.2 Å². The van der Waals surface area contributed by atoms with Crippen LogP contribution in [0.1, 0.15) is 24.8 Å². The van der Waals surface area contributed by atoms with Crippen LogP contribution >= 0.6 is 15.9 Å². The first-order valence-electron chi connectivity index (χ1n) is 9.60. The second-order valence-corrected chi connectivity index (χ2v) is 10.2. The zero-order valence-electron chi connectivity index (χ0n) is 16.6. The van der Waals surface area contributed by atoms with E-state index in [0.29, 0.717) is 19.5 Å². The predicted octanol–water partition coefficient (Wildman–Crippen LogP) is 3.37. The fraction of sp³-hybridized carbons (Fsp3) is 0.381. The number of sulfonamides is 1. The molecule has 8 heteroatoms. The molecule has 0 spiro atoms. The molecule has 1 aliphatic heterocycles. The third kappa shape index (κ3) is 5.18. The van der Waals surface area contributed by atoms with Crippen molar-refractivity contribution in [1.82, 2.24) is 9.62 Å². The van der Waals surface area contributed by atoms with Crippen molar-refractivity contribution >= 4 is 37.5 Å². The molecule has 1 heterocycles. The first-order valence-corrected chi connectivity index (χ1v) is 11.8. The summed E-state index contributed by atoms with van der Waals surface area (Å²) < 4.78 is 28.4. The molecule has 1 unspecified atom stereocenters. The molecule has 0 aromatic heterocycles. The van der Waals surface area contributed by atoms with Crippen molar-refractivity contribution in [2.24, 2.45) is 0 Å². The van der Waals surface area contributed by atoms with Gasteiger partial charge in [0.05, 0.1) is 4.90 Å². The molecule has 1 atom stereocenters. The van der Waals surface area contributed by atoms with Gasteiger partial charge in [-0.05, 0) is 54.8 Å². The summed E-state index contributed by atoms with van der Waals surface area (Å²) in [5.41, 5.74) is 2.06. The summed E-state index contributed by atoms with van der Waals surface area (Å²) in [5, 5.41) is 2.91. The molecule has 1 aliphatic rings. The molecule has 0 radical (unpaired) electrons. The van der Waals surface area contributed by atoms with Gasteiger partial charge >= 0.3 is 0 Å². The van der Waals surface area contributed by atoms with E-state index >= 15 is 0 Å². The van der Waals surface area contributed by atoms with Gasteiger partial charge in [0, 0.05) is 37.3 Å². The van der Waals surface area contributed by atoms with Gasteiger partial charge in [-0.3, -0.25) is 4.79 Å². The van der Waals surface area contributed by atoms with Crippen LogP contribution in [0.25, 0.3) is 0 Å². The normalized spacial score (nSPS) is 17.7. The summed E-state index contributed by atoms with van der Waals surface area (Å²) in [6.45, 7) is 0.725. The first kappa shape index (κ1) is 21.8. The molecule has 6 nitrogen and oxygen atoms in total. The van der Waals surface area contributed by atoms with Crippen molar-refractivity contribution in [2.45, 2.75) is 36.7 Å². The standard InChI is InChI=1S/C21H26BrN3O3S/c1-24(2)18-10-6-16(7-11-18)15-23-21(26)20-5-3-4-14-25(20)29(27,28)19-12-8-17(22)9-13-19/h6-13,20H,3-5,14-15H2,1-2H3,(H,23,26). The predicted molar refractivity (Wildman–Crippen MR) is 118 cm³/mol. The van der Waals surface area contributed by atoms with Gasteiger partial charge < -0.3 is 10.2 Å². The fourth-order valence-corrected chi connectivity index (χ4v) is 5.34. The van der Waals surface area contributed by atoms with Gasteiger partial charge in [-0.1, -0.05) is 34.5 Å². The van der Waals surface area contributed by atoms with Gasteiger partial charge in [-0.25, -0.2) is 8.42 Å². The van der Waals surface area contributed by atoms with Crippen LogP contribution in [-0.2, 0) is 21.4 Å². The monoisotopic (exact) mass is 479 g/mol. The Bertz CT molecular complexity index is 944. The van der Waals surface area contributed by atoms with Crippen LogP contribution in [0.5, 0.6) is 0 Å². The van der Waals surface area contributed by atoms with Gasteiger partial charge in [0.2, 0.25) is 15.9 Å². The minimum Gasteiger partial charge on any atom is -0.378 e. The number of hydrogen-bond acceptors (Lipinski definition) is 4. The highest BCUT2D eigenvalue weighted by Gasteiger charge is 2.37. The Kier molecular flexibility index (Phi) is 6.97. The summed E-state index contributed by atoms with van der Waals surface area (Å²) in [5.74, 6) is -0.248. The van der Waals surface area contributed by atoms with E-state index < -0.39 is 16.1 Å². The molecule has 29 heavy (non-hydrogen) atoms. The number of benzene rings is 2. The molecule has 1 N–H and O–H groups in total. The maximum absolute atomic E-state index is 13.1. The van der Waals surface area contributed by atoms with Crippen LogP contribution in [0.2, 0.25) is 0 Å². The number of anilines is 1. The van der Waals surface area contributed by atoms with Crippen molar-refractivity contribution in [3.05, 3.63) is 58.6 Å². The quantitative estimate of drug-likeness (QED) is 0.689. The second-order valence-electron chi connectivity index (χ2n) is 7.36. The van der Waals surface area contributed by atoms with Crippen LogP contribution < -0.4 is 10.2 Å². The Hall–Kier alpha value is -1.90. The van der Waals surface area contributed by atoms with Crippen LogP contribution in [0.3, 0.4) is 0 Å². The number of nitrogens with zero attached hydrogens (tertiary/aromatic N) is 2. The maximum Gasteiger partial charge on any atom is 0.243 e. The van der Waals surface area contributed by atoms with Crippen LogP contribution in [0.15, 0.2) is 57.9 Å². The molecular formula is C21H26BrN3O3S. The van der Waals surface area contributed by atoms with Crippen LogP contribution in [-0.4, -0.2) is 45.3 Å². The Morgan fingerprint density at radius 3 is 2.38 bits per heavy atom. The third-order valence-corrected chi connectivity index (χ3v) is 7.55. The number of carbonyl (C=O) groups is 1. The Balaban J connectivity index is 1.71. The highest BCUT2D eigenvalue weighted by atomic mass is 79.9. The first-order chi connectivity index (χ1) is 13.8. The lowest BCUT2D eigenvalue weighted by atomic mass is 10.0. The van der Waals surface area contributed by atoms with Crippen molar-refractivity contribution in [2.75, 3.05) is 25.5 Å². The molecule has 0 saturated carbocycles. The van der Waals surface area contributed by atoms with E-state index in [1.165, 1.54) is 4.31 Å². The van der Waals surface area contributed by atoms with E-state index in [1.807, 2.05) is 43.3 Å². The lowest BCUT2D eigenvalue weighted by Gasteiger charge is -2.33. The zero-order chi connectivity index (χ0) is 21.0. The third-order valence-electron chi connectivity index (χ3n) is 5.10. The lowest BCUT2D eigenvalue weighted by Crippen LogP contribution is -2.51. The van der Waals surface area contributed by atoms with Crippen LogP contribution in [0.4, 0.5) is 5.69 Å². The highest BCUT2D eigenvalue weighted by Crippen LogP contribution is 2.26. The molecule has 1 amide bonds. The molecule has 0 aliphatic carbocycles. The minimum absolute atomic E-state index is 0.208. The number of nitrogens with one attached hydrogen (secondary N) is 1. The average Bonchev–Trinajstić information content (AvgIpc) is 2.72. The smallest absolute Gasteiger partial charge is 0.243 e. The molecule has 2 aromatic carbocycles. The molecule has 2 aromatic rings. The Morgan fingerprint density at radius 2 is 1.76 bits per heavy atom. The Morgan fingerprint density at radius 1 is 1.10 bits per heavy atom. The van der Waals surface area contributed by atoms with Gasteiger partial charge in [0.25, 0.3) is 0 Å². The summed E-state index contributed by atoms with van der Waals surface area (Å²) >= 11 is 3.32. The molecule has 3 rings (SSSR count). The average molecular weight is 480 g/mol. The van der Waals surface area contributed by atoms with Crippen molar-refractivity contribution in [1.29, 1.82) is 0 Å². The van der Waals surface area contributed by atoms with E-state index in [0.717, 1.165) is 28.6 Å². The zero-order valence-corrected chi connectivity index (χ0v) is 19.0. The number of hydrogen-bond donors (Lipinski definition) is 1. The Labute approximate surface area is 181 Å². The van der Waals surface area contributed by atoms with Gasteiger partial charge in [0.1, 0.15) is 6.04 Å². The minimum atomic E-state index is -3.72. The number of amides is 1. The topological polar surface area (TPSA) is 69.7 Å². The molecule has 1 saturated heterocycles. The number of halogens is 1. The fourth-order valence-electron chi connectivity index (χ4n) is 3.42. The largest absolute Gasteiger partial charge is 0.378 e. The van der Waals surface area contributed by atoms with Gasteiger partial charge in [0.15, 0.2) is 0 Å². The van der Waals surface area contributed by atoms with E-state index in [9.17, 15) is 13.2 Å². The summed E-state index contributed by atoms with van der Waals surface area (Å²) in [6, 6.07) is 13.8.